The van der Waals surface area contributed by atoms with E-state index in [1.807, 2.05) is 93.6 Å². The molecular weight excluding hydrogens is 1090 g/mol. The zero-order valence-corrected chi connectivity index (χ0v) is 50.2. The molecule has 7 rings (SSSR count). The van der Waals surface area contributed by atoms with Crippen LogP contribution in [0.5, 0.6) is 0 Å². The van der Waals surface area contributed by atoms with Gasteiger partial charge in [0, 0.05) is 80.1 Å². The molecule has 0 saturated carbocycles. The zero-order chi connectivity index (χ0) is 58.9. The molecule has 2 fully saturated rings. The number of aromatic nitrogens is 3. The number of ether oxygens (including phenoxy) is 4. The Bertz CT molecular complexity index is 3010. The third-order valence-corrected chi connectivity index (χ3v) is 16.4. The lowest BCUT2D eigenvalue weighted by Gasteiger charge is -2.36. The minimum Gasteiger partial charge on any atom is -0.379 e. The SMILES string of the molecule is Cc1cnc(Nc2ccc(N3CCN(C(=O)CCOCCOCCOCCOCCC(=O)NC(C(=O)N4CCCC4C(=O)NCc4ccc(-c5scnc5C)cc4)C(C)(C)C)CC3)cc2)nc1Nc1cccc(S(=O)(=O)NC(C)(C)C)c1. The van der Waals surface area contributed by atoms with Crippen LogP contribution in [0.1, 0.15) is 84.0 Å². The highest BCUT2D eigenvalue weighted by Crippen LogP contribution is 2.30. The van der Waals surface area contributed by atoms with Crippen LogP contribution in [0.25, 0.3) is 10.4 Å². The van der Waals surface area contributed by atoms with Gasteiger partial charge in [-0.3, -0.25) is 19.2 Å². The molecule has 5 N–H and O–H groups in total. The summed E-state index contributed by atoms with van der Waals surface area (Å²) in [6, 6.07) is 21.1. The van der Waals surface area contributed by atoms with Gasteiger partial charge in [0.2, 0.25) is 39.6 Å². The third-order valence-electron chi connectivity index (χ3n) is 13.7. The number of likely N-dealkylation sites (tertiary alicyclic amines) is 1. The Morgan fingerprint density at radius 3 is 2.01 bits per heavy atom. The molecule has 0 aliphatic carbocycles. The number of sulfonamides is 1. The molecule has 2 aliphatic heterocycles. The smallest absolute Gasteiger partial charge is 0.246 e. The molecule has 23 heteroatoms. The van der Waals surface area contributed by atoms with Gasteiger partial charge in [-0.1, -0.05) is 51.1 Å². The summed E-state index contributed by atoms with van der Waals surface area (Å²) in [4.78, 5) is 73.8. The lowest BCUT2D eigenvalue weighted by atomic mass is 9.85. The summed E-state index contributed by atoms with van der Waals surface area (Å²) in [5.41, 5.74) is 6.82. The van der Waals surface area contributed by atoms with Gasteiger partial charge in [0.25, 0.3) is 0 Å². The average Bonchev–Trinajstić information content (AvgIpc) is 4.12. The highest BCUT2D eigenvalue weighted by molar-refractivity contribution is 7.89. The van der Waals surface area contributed by atoms with E-state index in [4.69, 9.17) is 18.9 Å². The van der Waals surface area contributed by atoms with Crippen LogP contribution in [-0.4, -0.2) is 160 Å². The van der Waals surface area contributed by atoms with Crippen molar-refractivity contribution in [3.8, 4) is 10.4 Å². The molecule has 82 heavy (non-hydrogen) atoms. The molecule has 2 atom stereocenters. The van der Waals surface area contributed by atoms with Crippen molar-refractivity contribution in [3.63, 3.8) is 0 Å². The number of carbonyl (C=O) groups is 4. The van der Waals surface area contributed by atoms with Crippen molar-refractivity contribution in [2.75, 3.05) is 101 Å². The average molecular weight is 1170 g/mol. The van der Waals surface area contributed by atoms with Crippen molar-refractivity contribution >= 4 is 73.8 Å². The highest BCUT2D eigenvalue weighted by Gasteiger charge is 2.42. The van der Waals surface area contributed by atoms with Gasteiger partial charge in [0.1, 0.15) is 17.9 Å². The Balaban J connectivity index is 0.696. The molecule has 4 heterocycles. The van der Waals surface area contributed by atoms with E-state index < -0.39 is 33.1 Å². The summed E-state index contributed by atoms with van der Waals surface area (Å²) >= 11 is 1.59. The highest BCUT2D eigenvalue weighted by atomic mass is 32.2. The normalized spacial score (nSPS) is 15.3. The van der Waals surface area contributed by atoms with Crippen LogP contribution in [0.3, 0.4) is 0 Å². The number of anilines is 5. The molecule has 2 aliphatic rings. The van der Waals surface area contributed by atoms with Crippen molar-refractivity contribution in [2.45, 2.75) is 110 Å². The molecule has 444 valence electrons. The maximum absolute atomic E-state index is 13.9. The predicted molar refractivity (Wildman–Crippen MR) is 318 cm³/mol. The molecule has 2 aromatic heterocycles. The second-order valence-corrected chi connectivity index (χ2v) is 25.0. The number of nitrogens with zero attached hydrogens (tertiary/aromatic N) is 6. The van der Waals surface area contributed by atoms with Gasteiger partial charge in [0.05, 0.1) is 80.3 Å². The van der Waals surface area contributed by atoms with Crippen LogP contribution in [-0.2, 0) is 54.7 Å². The second-order valence-electron chi connectivity index (χ2n) is 22.5. The van der Waals surface area contributed by atoms with E-state index in [1.165, 1.54) is 0 Å². The van der Waals surface area contributed by atoms with Crippen LogP contribution in [0.2, 0.25) is 0 Å². The number of thiazole rings is 1. The number of rotatable bonds is 28. The number of aryl methyl sites for hydroxylation is 2. The van der Waals surface area contributed by atoms with Crippen LogP contribution < -0.4 is 30.9 Å². The van der Waals surface area contributed by atoms with Gasteiger partial charge in [-0.25, -0.2) is 23.1 Å². The molecule has 3 aromatic carbocycles. The Morgan fingerprint density at radius 1 is 0.744 bits per heavy atom. The molecule has 2 unspecified atom stereocenters. The van der Waals surface area contributed by atoms with Crippen molar-refractivity contribution in [2.24, 2.45) is 5.41 Å². The van der Waals surface area contributed by atoms with Gasteiger partial charge >= 0.3 is 0 Å². The van der Waals surface area contributed by atoms with Crippen molar-refractivity contribution in [1.82, 2.24) is 40.1 Å². The summed E-state index contributed by atoms with van der Waals surface area (Å²) in [5.74, 6) is 0.178. The summed E-state index contributed by atoms with van der Waals surface area (Å²) in [6.07, 6.45) is 3.30. The lowest BCUT2D eigenvalue weighted by Crippen LogP contribution is -2.57. The number of hydrogen-bond donors (Lipinski definition) is 5. The van der Waals surface area contributed by atoms with E-state index in [0.717, 1.165) is 38.6 Å². The number of piperazine rings is 1. The summed E-state index contributed by atoms with van der Waals surface area (Å²) in [7, 11) is -3.72. The lowest BCUT2D eigenvalue weighted by molar-refractivity contribution is -0.144. The van der Waals surface area contributed by atoms with Crippen molar-refractivity contribution in [1.29, 1.82) is 0 Å². The van der Waals surface area contributed by atoms with Crippen molar-refractivity contribution in [3.05, 3.63) is 101 Å². The molecule has 0 bridgehead atoms. The molecule has 4 amide bonds. The summed E-state index contributed by atoms with van der Waals surface area (Å²) in [6.45, 7) is 20.8. The fraction of sp³-hybridized carbons (Fsp3) is 0.508. The Hall–Kier alpha value is -6.60. The maximum atomic E-state index is 13.9. The van der Waals surface area contributed by atoms with Crippen LogP contribution in [0, 0.1) is 19.3 Å². The van der Waals surface area contributed by atoms with Crippen LogP contribution in [0.15, 0.2) is 89.4 Å². The Morgan fingerprint density at radius 2 is 1.39 bits per heavy atom. The van der Waals surface area contributed by atoms with E-state index in [-0.39, 0.29) is 54.6 Å². The van der Waals surface area contributed by atoms with E-state index in [2.05, 4.69) is 45.8 Å². The van der Waals surface area contributed by atoms with Gasteiger partial charge in [-0.05, 0) is 106 Å². The standard InChI is InChI=1S/C59H81N11O10S2/c1-41-38-61-57(66-54(41)63-46-11-9-12-48(37-46)82(75,76)67-59(6,7)8)64-45-18-20-47(21-19-45)68-25-27-69(28-26-68)51(72)23-30-78-32-34-80-36-35-79-33-31-77-29-22-50(71)65-53(58(3,4)5)56(74)70-24-10-13-49(70)55(73)60-39-43-14-16-44(17-15-43)52-42(2)62-40-81-52/h9,11-12,14-21,37-38,40,49,53,67H,10,13,22-36,39H2,1-8H3,(H,60,73)(H,65,71)(H2,61,63,64,66). The number of hydrogen-bond acceptors (Lipinski definition) is 17. The molecule has 2 saturated heterocycles. The van der Waals surface area contributed by atoms with E-state index in [1.54, 1.807) is 67.5 Å². The zero-order valence-electron chi connectivity index (χ0n) is 48.5. The van der Waals surface area contributed by atoms with Crippen molar-refractivity contribution < 1.29 is 46.5 Å². The molecule has 5 aromatic rings. The third kappa shape index (κ3) is 19.0. The fourth-order valence-corrected chi connectivity index (χ4v) is 11.6. The number of amides is 4. The number of nitrogens with one attached hydrogen (secondary N) is 5. The molecular formula is C59H81N11O10S2. The quantitative estimate of drug-likeness (QED) is 0.0313. The largest absolute Gasteiger partial charge is 0.379 e. The Labute approximate surface area is 486 Å². The van der Waals surface area contributed by atoms with E-state index >= 15 is 0 Å². The number of benzene rings is 3. The predicted octanol–water partition coefficient (Wildman–Crippen LogP) is 7.11. The van der Waals surface area contributed by atoms with E-state index in [0.29, 0.717) is 109 Å². The topological polar surface area (TPSA) is 248 Å². The first-order valence-corrected chi connectivity index (χ1v) is 30.3. The summed E-state index contributed by atoms with van der Waals surface area (Å²) < 4.78 is 51.1. The molecule has 0 spiro atoms. The van der Waals surface area contributed by atoms with E-state index in [9.17, 15) is 27.6 Å². The molecule has 21 nitrogen and oxygen atoms in total. The summed E-state index contributed by atoms with van der Waals surface area (Å²) in [5, 5.41) is 12.4. The number of carbonyl (C=O) groups excluding carboxylic acids is 4. The van der Waals surface area contributed by atoms with Crippen LogP contribution >= 0.6 is 11.3 Å². The van der Waals surface area contributed by atoms with Crippen LogP contribution in [0.4, 0.5) is 28.8 Å². The monoisotopic (exact) mass is 1170 g/mol. The van der Waals surface area contributed by atoms with Gasteiger partial charge in [-0.2, -0.15) is 4.98 Å². The van der Waals surface area contributed by atoms with Gasteiger partial charge in [0.15, 0.2) is 0 Å². The maximum Gasteiger partial charge on any atom is 0.246 e. The minimum absolute atomic E-state index is 0.0500. The van der Waals surface area contributed by atoms with Gasteiger partial charge in [-0.15, -0.1) is 11.3 Å². The Kier molecular flexibility index (Phi) is 22.7. The van der Waals surface area contributed by atoms with Gasteiger partial charge < -0.3 is 54.9 Å². The first-order valence-electron chi connectivity index (χ1n) is 28.0. The minimum atomic E-state index is -3.72. The molecule has 0 radical (unpaired) electrons. The first-order chi connectivity index (χ1) is 39.1. The first kappa shape index (κ1) is 63.0. The fourth-order valence-electron chi connectivity index (χ4n) is 9.32. The second kappa shape index (κ2) is 29.6.